The zero-order valence-electron chi connectivity index (χ0n) is 26.3. The third kappa shape index (κ3) is 7.42. The molecule has 0 bridgehead atoms. The number of nitrogens with two attached hydrogens (primary N) is 2. The van der Waals surface area contributed by atoms with E-state index in [1.807, 2.05) is 0 Å². The predicted octanol–water partition coefficient (Wildman–Crippen LogP) is 1.39. The monoisotopic (exact) mass is 753 g/mol. The molecule has 8 N–H and O–H groups in total. The summed E-state index contributed by atoms with van der Waals surface area (Å²) in [5.41, 5.74) is 13.3. The van der Waals surface area contributed by atoms with Crippen LogP contribution >= 0.6 is 34.9 Å². The Hall–Kier alpha value is -5.34. The number of nitrogen functional groups attached to an aromatic ring is 2. The number of hydrogen-bond donors (Lipinski definition) is 6. The first-order valence-electron chi connectivity index (χ1n) is 15.3. The summed E-state index contributed by atoms with van der Waals surface area (Å²) in [5, 5.41) is 48.6. The van der Waals surface area contributed by atoms with Gasteiger partial charge in [0.25, 0.3) is 11.8 Å². The van der Waals surface area contributed by atoms with Crippen LogP contribution < -0.4 is 21.9 Å². The number of carboxylic acid groups (broad SMARTS) is 2. The van der Waals surface area contributed by atoms with Crippen LogP contribution in [0.3, 0.4) is 0 Å². The number of thioether (sulfide) groups is 2. The molecule has 0 unspecified atom stereocenters. The average Bonchev–Trinajstić information content (AvgIpc) is 3.53. The largest absolute Gasteiger partial charge is 0.870 e. The maximum Gasteiger partial charge on any atom is 0.352 e. The number of benzene rings is 1. The van der Waals surface area contributed by atoms with Crippen molar-refractivity contribution >= 4 is 75.3 Å². The molecule has 2 amide bonds. The maximum absolute atomic E-state index is 13.5. The topological polar surface area (TPSA) is 280 Å². The van der Waals surface area contributed by atoms with Crippen molar-refractivity contribution in [3.05, 3.63) is 69.5 Å². The number of fused-ring (bicyclic) bond motifs is 2. The Morgan fingerprint density at radius 3 is 2.69 bits per heavy atom. The molecule has 6 rings (SSSR count). The van der Waals surface area contributed by atoms with Gasteiger partial charge in [-0.15, -0.1) is 23.1 Å². The number of aryl methyl sites for hydroxylation is 1. The lowest BCUT2D eigenvalue weighted by molar-refractivity contribution is -0.270. The Labute approximate surface area is 301 Å². The second-order valence-corrected chi connectivity index (χ2v) is 14.3. The highest BCUT2D eigenvalue weighted by atomic mass is 32.2. The zero-order valence-corrected chi connectivity index (χ0v) is 28.8. The summed E-state index contributed by atoms with van der Waals surface area (Å²) in [6, 6.07) is 1.80. The highest BCUT2D eigenvalue weighted by Gasteiger charge is 2.54. The van der Waals surface area contributed by atoms with E-state index in [1.165, 1.54) is 28.9 Å². The number of oxime groups is 1. The van der Waals surface area contributed by atoms with Gasteiger partial charge in [0.1, 0.15) is 34.4 Å². The minimum absolute atomic E-state index is 0.0551. The number of aliphatic carboxylic acids is 2. The summed E-state index contributed by atoms with van der Waals surface area (Å²) in [6.45, 7) is 0. The quantitative estimate of drug-likeness (QED) is 0.0501. The first-order chi connectivity index (χ1) is 24.4. The fraction of sp³-hybridized carbons (Fsp3) is 0.290. The van der Waals surface area contributed by atoms with Crippen LogP contribution in [-0.2, 0) is 36.9 Å². The van der Waals surface area contributed by atoms with Crippen molar-refractivity contribution in [2.45, 2.75) is 48.4 Å². The lowest BCUT2D eigenvalue weighted by Gasteiger charge is -2.49. The molecule has 0 saturated carbocycles. The summed E-state index contributed by atoms with van der Waals surface area (Å²) < 4.78 is 0. The van der Waals surface area contributed by atoms with E-state index in [0.717, 1.165) is 71.4 Å². The summed E-state index contributed by atoms with van der Waals surface area (Å²) in [7, 11) is 0. The Kier molecular flexibility index (Phi) is 10.3. The van der Waals surface area contributed by atoms with E-state index in [0.29, 0.717) is 22.3 Å². The molecule has 3 aromatic rings. The number of nitrogens with zero attached hydrogens (tertiary/aromatic N) is 5. The molecule has 3 atom stereocenters. The number of phenolic OH excluding ortho intramolecular Hbond substituents is 1. The smallest absolute Gasteiger partial charge is 0.352 e. The Bertz CT molecular complexity index is 2020. The highest BCUT2D eigenvalue weighted by Crippen LogP contribution is 2.41. The van der Waals surface area contributed by atoms with Crippen molar-refractivity contribution in [1.82, 2.24) is 25.2 Å². The van der Waals surface area contributed by atoms with Gasteiger partial charge in [-0.2, -0.15) is 0 Å². The van der Waals surface area contributed by atoms with Gasteiger partial charge in [0.15, 0.2) is 16.0 Å². The van der Waals surface area contributed by atoms with E-state index < -0.39 is 58.5 Å². The Balaban J connectivity index is 1.15. The standard InChI is InChI=1S/C31H30N8O9S3/c32-24-15-5-1-2-6-16(15)35-31(37-24)49-9-3-4-14-11-50-27-21(26(43)39(27)22(14)28(44)45)36-25(42)20(17-12-51-30(33)34-17)38-48-23(29(46)47)13-7-8-18(40)19(41)10-13/h3-4,7-8,10,12,21,23,27,40-41H,1-2,5-6,9,11H2,(H2,33,34)(H,36,42)(H,44,45)(H,46,47)(H2,32,35,37)/p-1/b4-3+,38-20+/t21-,23-,27-/m1/s1. The molecule has 1 aliphatic carbocycles. The second kappa shape index (κ2) is 14.9. The molecule has 266 valence electrons. The number of amides is 2. The fourth-order valence-corrected chi connectivity index (χ4v) is 8.16. The number of allylic oxidation sites excluding steroid dienone is 1. The molecule has 1 fully saturated rings. The van der Waals surface area contributed by atoms with E-state index in [2.05, 4.69) is 25.4 Å². The van der Waals surface area contributed by atoms with E-state index in [-0.39, 0.29) is 27.8 Å². The molecule has 4 heterocycles. The third-order valence-corrected chi connectivity index (χ3v) is 10.8. The molecule has 1 aromatic carbocycles. The summed E-state index contributed by atoms with van der Waals surface area (Å²) in [6.07, 6.45) is 5.36. The SMILES string of the molecule is Nc1nc(/C(=N\O[C@@H](C(=O)O)c2ccc([O-])c(O)c2)C(=O)N[C@@H]2C(=O)N3C(C(=O)O)=C(/C=C/CSc4nc(N)c5c(n4)CCCC5)CS[C@H]23)cs1. The van der Waals surface area contributed by atoms with Gasteiger partial charge >= 0.3 is 11.9 Å². The number of phenols is 1. The van der Waals surface area contributed by atoms with Gasteiger partial charge in [-0.3, -0.25) is 14.5 Å². The molecule has 0 radical (unpaired) electrons. The fourth-order valence-electron chi connectivity index (χ4n) is 5.61. The number of carbonyl (C=O) groups excluding carboxylic acids is 2. The normalized spacial score (nSPS) is 19.3. The van der Waals surface area contributed by atoms with Crippen LogP contribution in [0.4, 0.5) is 10.9 Å². The van der Waals surface area contributed by atoms with Crippen molar-refractivity contribution in [2.75, 3.05) is 23.0 Å². The van der Waals surface area contributed by atoms with Gasteiger partial charge in [0.2, 0.25) is 6.10 Å². The number of carbonyl (C=O) groups is 4. The molecule has 17 nitrogen and oxygen atoms in total. The van der Waals surface area contributed by atoms with Crippen LogP contribution in [0, 0.1) is 0 Å². The minimum Gasteiger partial charge on any atom is -0.870 e. The van der Waals surface area contributed by atoms with Gasteiger partial charge in [0, 0.05) is 28.0 Å². The number of thiazole rings is 1. The van der Waals surface area contributed by atoms with Crippen LogP contribution in [0.2, 0.25) is 0 Å². The highest BCUT2D eigenvalue weighted by molar-refractivity contribution is 8.00. The summed E-state index contributed by atoms with van der Waals surface area (Å²) >= 11 is 3.55. The predicted molar refractivity (Wildman–Crippen MR) is 185 cm³/mol. The van der Waals surface area contributed by atoms with Crippen molar-refractivity contribution in [1.29, 1.82) is 0 Å². The van der Waals surface area contributed by atoms with Crippen LogP contribution in [0.5, 0.6) is 11.5 Å². The molecule has 0 spiro atoms. The number of aromatic nitrogens is 3. The van der Waals surface area contributed by atoms with Crippen LogP contribution in [0.1, 0.15) is 41.5 Å². The summed E-state index contributed by atoms with van der Waals surface area (Å²) in [5.74, 6) is -4.87. The number of hydrogen-bond acceptors (Lipinski definition) is 16. The van der Waals surface area contributed by atoms with Crippen LogP contribution in [0.15, 0.2) is 57.3 Å². The average molecular weight is 754 g/mol. The van der Waals surface area contributed by atoms with Crippen molar-refractivity contribution in [2.24, 2.45) is 5.16 Å². The zero-order chi connectivity index (χ0) is 36.4. The first kappa shape index (κ1) is 35.5. The number of carboxylic acids is 2. The molecule has 3 aliphatic rings. The van der Waals surface area contributed by atoms with Crippen molar-refractivity contribution in [3.8, 4) is 11.5 Å². The Morgan fingerprint density at radius 2 is 1.98 bits per heavy atom. The van der Waals surface area contributed by atoms with Crippen molar-refractivity contribution < 1.29 is 44.4 Å². The van der Waals surface area contributed by atoms with Gasteiger partial charge in [-0.1, -0.05) is 47.0 Å². The van der Waals surface area contributed by atoms with Crippen molar-refractivity contribution in [3.63, 3.8) is 0 Å². The Morgan fingerprint density at radius 1 is 1.20 bits per heavy atom. The first-order valence-corrected chi connectivity index (χ1v) is 18.2. The molecule has 51 heavy (non-hydrogen) atoms. The second-order valence-electron chi connectivity index (χ2n) is 11.3. The van der Waals surface area contributed by atoms with E-state index in [9.17, 15) is 39.6 Å². The van der Waals surface area contributed by atoms with Gasteiger partial charge in [0.05, 0.1) is 5.69 Å². The van der Waals surface area contributed by atoms with Gasteiger partial charge in [-0.05, 0) is 37.3 Å². The molecule has 2 aliphatic heterocycles. The number of rotatable bonds is 12. The molecule has 1 saturated heterocycles. The van der Waals surface area contributed by atoms with Gasteiger partial charge < -0.3 is 42.0 Å². The molecular weight excluding hydrogens is 725 g/mol. The van der Waals surface area contributed by atoms with E-state index >= 15 is 0 Å². The number of anilines is 2. The van der Waals surface area contributed by atoms with Crippen LogP contribution in [-0.4, -0.2) is 87.6 Å². The van der Waals surface area contributed by atoms with E-state index in [4.69, 9.17) is 16.3 Å². The third-order valence-electron chi connectivity index (χ3n) is 8.05. The molecule has 2 aromatic heterocycles. The lowest BCUT2D eigenvalue weighted by Crippen LogP contribution is -2.71. The van der Waals surface area contributed by atoms with Crippen LogP contribution in [0.25, 0.3) is 0 Å². The minimum atomic E-state index is -1.85. The van der Waals surface area contributed by atoms with Gasteiger partial charge in [-0.25, -0.2) is 24.5 Å². The lowest BCUT2D eigenvalue weighted by atomic mass is 9.97. The molecule has 20 heteroatoms. The molecular formula is C31H29N8O9S3-. The summed E-state index contributed by atoms with van der Waals surface area (Å²) in [4.78, 5) is 70.5. The number of nitrogens with one attached hydrogen (secondary N) is 1. The van der Waals surface area contributed by atoms with E-state index in [1.54, 1.807) is 12.2 Å². The number of β-lactam (4-membered cyclic amide) rings is 1. The maximum atomic E-state index is 13.5. The number of aromatic hydroxyl groups is 1.